The Kier molecular flexibility index (Phi) is 7.85. The molecule has 6 nitrogen and oxygen atoms in total. The van der Waals surface area contributed by atoms with Gasteiger partial charge in [-0.3, -0.25) is 4.99 Å². The first-order valence-electron chi connectivity index (χ1n) is 7.79. The number of likely N-dealkylation sites (tertiary alicyclic amines) is 1. The number of ether oxygens (including phenoxy) is 1. The van der Waals surface area contributed by atoms with Crippen LogP contribution in [0.25, 0.3) is 0 Å². The lowest BCUT2D eigenvalue weighted by atomic mass is 10.2. The fourth-order valence-electron chi connectivity index (χ4n) is 2.29. The number of alkyl carbamates (subject to hydrolysis) is 1. The highest BCUT2D eigenvalue weighted by atomic mass is 32.2. The van der Waals surface area contributed by atoms with Gasteiger partial charge in [0.25, 0.3) is 0 Å². The predicted molar refractivity (Wildman–Crippen MR) is 93.7 cm³/mol. The molecule has 22 heavy (non-hydrogen) atoms. The molecule has 2 N–H and O–H groups in total. The van der Waals surface area contributed by atoms with Crippen LogP contribution in [0.4, 0.5) is 4.79 Å². The minimum Gasteiger partial charge on any atom is -0.444 e. The molecular weight excluding hydrogens is 300 g/mol. The summed E-state index contributed by atoms with van der Waals surface area (Å²) in [4.78, 5) is 18.3. The molecule has 1 heterocycles. The van der Waals surface area contributed by atoms with Gasteiger partial charge in [0.15, 0.2) is 5.96 Å². The number of carbonyl (C=O) groups is 1. The SMILES string of the molecule is CN=C(NCCCSC)N1CCC(NC(=O)OC(C)(C)C)C1. The first kappa shape index (κ1) is 18.9. The Balaban J connectivity index is 2.36. The second-order valence-corrected chi connectivity index (χ2v) is 7.38. The van der Waals surface area contributed by atoms with Crippen LogP contribution < -0.4 is 10.6 Å². The molecule has 1 amide bonds. The van der Waals surface area contributed by atoms with Crippen LogP contribution in [0.3, 0.4) is 0 Å². The maximum atomic E-state index is 11.8. The van der Waals surface area contributed by atoms with Crippen LogP contribution in [0.1, 0.15) is 33.6 Å². The van der Waals surface area contributed by atoms with Crippen molar-refractivity contribution in [1.29, 1.82) is 0 Å². The van der Waals surface area contributed by atoms with E-state index in [1.807, 2.05) is 32.5 Å². The van der Waals surface area contributed by atoms with E-state index in [0.29, 0.717) is 0 Å². The summed E-state index contributed by atoms with van der Waals surface area (Å²) in [6.07, 6.45) is 3.79. The molecule has 0 aromatic carbocycles. The Morgan fingerprint density at radius 1 is 1.45 bits per heavy atom. The van der Waals surface area contributed by atoms with Crippen molar-refractivity contribution in [2.24, 2.45) is 4.99 Å². The zero-order valence-electron chi connectivity index (χ0n) is 14.4. The Morgan fingerprint density at radius 3 is 2.77 bits per heavy atom. The van der Waals surface area contributed by atoms with Crippen molar-refractivity contribution in [3.63, 3.8) is 0 Å². The van der Waals surface area contributed by atoms with Crippen LogP contribution in [0.2, 0.25) is 0 Å². The Bertz CT molecular complexity index is 382. The number of guanidine groups is 1. The molecule has 1 aliphatic rings. The van der Waals surface area contributed by atoms with Crippen LogP contribution in [-0.2, 0) is 4.74 Å². The van der Waals surface area contributed by atoms with Crippen LogP contribution in [0, 0.1) is 0 Å². The number of nitrogens with zero attached hydrogens (tertiary/aromatic N) is 2. The molecule has 0 saturated carbocycles. The monoisotopic (exact) mass is 330 g/mol. The molecule has 0 radical (unpaired) electrons. The molecule has 0 aliphatic carbocycles. The normalized spacial score (nSPS) is 19.2. The summed E-state index contributed by atoms with van der Waals surface area (Å²) in [6.45, 7) is 8.19. The molecule has 0 spiro atoms. The average Bonchev–Trinajstić information content (AvgIpc) is 2.85. The van der Waals surface area contributed by atoms with E-state index in [0.717, 1.165) is 44.2 Å². The Morgan fingerprint density at radius 2 is 2.18 bits per heavy atom. The average molecular weight is 330 g/mol. The van der Waals surface area contributed by atoms with Crippen LogP contribution in [0.15, 0.2) is 4.99 Å². The summed E-state index contributed by atoms with van der Waals surface area (Å²) < 4.78 is 5.30. The van der Waals surface area contributed by atoms with E-state index in [1.54, 1.807) is 7.05 Å². The third-order valence-electron chi connectivity index (χ3n) is 3.23. The smallest absolute Gasteiger partial charge is 0.407 e. The number of thioether (sulfide) groups is 1. The van der Waals surface area contributed by atoms with Crippen LogP contribution in [-0.4, -0.2) is 67.3 Å². The quantitative estimate of drug-likeness (QED) is 0.458. The fourth-order valence-corrected chi connectivity index (χ4v) is 2.73. The zero-order valence-corrected chi connectivity index (χ0v) is 15.3. The maximum absolute atomic E-state index is 11.8. The van der Waals surface area contributed by atoms with Crippen molar-refractivity contribution in [2.75, 3.05) is 38.7 Å². The third-order valence-corrected chi connectivity index (χ3v) is 3.93. The summed E-state index contributed by atoms with van der Waals surface area (Å²) >= 11 is 1.85. The second kappa shape index (κ2) is 9.12. The first-order valence-corrected chi connectivity index (χ1v) is 9.19. The number of hydrogen-bond donors (Lipinski definition) is 2. The van der Waals surface area contributed by atoms with Crippen molar-refractivity contribution in [2.45, 2.75) is 45.3 Å². The molecule has 1 atom stereocenters. The lowest BCUT2D eigenvalue weighted by Crippen LogP contribution is -2.44. The summed E-state index contributed by atoms with van der Waals surface area (Å²) in [7, 11) is 1.80. The molecular formula is C15H30N4O2S. The van der Waals surface area contributed by atoms with Crippen molar-refractivity contribution in [3.8, 4) is 0 Å². The highest BCUT2D eigenvalue weighted by Crippen LogP contribution is 2.12. The van der Waals surface area contributed by atoms with Gasteiger partial charge in [0.1, 0.15) is 5.60 Å². The Labute approximate surface area is 138 Å². The van der Waals surface area contributed by atoms with Crippen molar-refractivity contribution < 1.29 is 9.53 Å². The summed E-state index contributed by atoms with van der Waals surface area (Å²) in [5, 5.41) is 6.31. The van der Waals surface area contributed by atoms with E-state index in [9.17, 15) is 4.79 Å². The summed E-state index contributed by atoms with van der Waals surface area (Å²) in [5.41, 5.74) is -0.461. The molecule has 0 aromatic rings. The van der Waals surface area contributed by atoms with Gasteiger partial charge in [-0.15, -0.1) is 0 Å². The van der Waals surface area contributed by atoms with E-state index < -0.39 is 5.60 Å². The summed E-state index contributed by atoms with van der Waals surface area (Å²) in [6, 6.07) is 0.111. The van der Waals surface area contributed by atoms with Gasteiger partial charge in [-0.1, -0.05) is 0 Å². The van der Waals surface area contributed by atoms with E-state index in [2.05, 4.69) is 26.8 Å². The molecule has 0 bridgehead atoms. The number of aliphatic imine (C=N–C) groups is 1. The van der Waals surface area contributed by atoms with Gasteiger partial charge in [-0.25, -0.2) is 4.79 Å². The molecule has 128 valence electrons. The van der Waals surface area contributed by atoms with Gasteiger partial charge in [0, 0.05) is 26.7 Å². The van der Waals surface area contributed by atoms with E-state index in [4.69, 9.17) is 4.74 Å². The van der Waals surface area contributed by atoms with Gasteiger partial charge >= 0.3 is 6.09 Å². The third kappa shape index (κ3) is 7.24. The van der Waals surface area contributed by atoms with Crippen molar-refractivity contribution in [1.82, 2.24) is 15.5 Å². The van der Waals surface area contributed by atoms with Crippen LogP contribution >= 0.6 is 11.8 Å². The number of carbonyl (C=O) groups excluding carboxylic acids is 1. The fraction of sp³-hybridized carbons (Fsp3) is 0.867. The van der Waals surface area contributed by atoms with E-state index >= 15 is 0 Å². The topological polar surface area (TPSA) is 66.0 Å². The largest absolute Gasteiger partial charge is 0.444 e. The molecule has 7 heteroatoms. The van der Waals surface area contributed by atoms with E-state index in [1.165, 1.54) is 0 Å². The van der Waals surface area contributed by atoms with Gasteiger partial charge < -0.3 is 20.3 Å². The number of nitrogens with one attached hydrogen (secondary N) is 2. The lowest BCUT2D eigenvalue weighted by Gasteiger charge is -2.23. The van der Waals surface area contributed by atoms with Gasteiger partial charge in [-0.05, 0) is 45.6 Å². The first-order chi connectivity index (χ1) is 10.4. The molecule has 1 aliphatic heterocycles. The predicted octanol–water partition coefficient (Wildman–Crippen LogP) is 1.91. The molecule has 1 rings (SSSR count). The lowest BCUT2D eigenvalue weighted by molar-refractivity contribution is 0.0507. The standard InChI is InChI=1S/C15H30N4O2S/c1-15(2,3)21-14(20)18-12-7-9-19(11-12)13(16-4)17-8-6-10-22-5/h12H,6-11H2,1-5H3,(H,16,17)(H,18,20). The van der Waals surface area contributed by atoms with Crippen molar-refractivity contribution in [3.05, 3.63) is 0 Å². The molecule has 1 unspecified atom stereocenters. The molecule has 1 fully saturated rings. The number of hydrogen-bond acceptors (Lipinski definition) is 4. The van der Waals surface area contributed by atoms with Crippen molar-refractivity contribution >= 4 is 23.8 Å². The summed E-state index contributed by atoms with van der Waals surface area (Å²) in [5.74, 6) is 2.06. The highest BCUT2D eigenvalue weighted by molar-refractivity contribution is 7.98. The van der Waals surface area contributed by atoms with Gasteiger partial charge in [0.2, 0.25) is 0 Å². The highest BCUT2D eigenvalue weighted by Gasteiger charge is 2.27. The second-order valence-electron chi connectivity index (χ2n) is 6.40. The van der Waals surface area contributed by atoms with Crippen LogP contribution in [0.5, 0.6) is 0 Å². The number of rotatable bonds is 5. The zero-order chi connectivity index (χ0) is 16.6. The molecule has 1 saturated heterocycles. The van der Waals surface area contributed by atoms with E-state index in [-0.39, 0.29) is 12.1 Å². The maximum Gasteiger partial charge on any atom is 0.407 e. The Hall–Kier alpha value is -1.11. The minimum absolute atomic E-state index is 0.111. The van der Waals surface area contributed by atoms with Gasteiger partial charge in [0.05, 0.1) is 6.04 Å². The molecule has 0 aromatic heterocycles. The minimum atomic E-state index is -0.461. The number of amides is 1. The van der Waals surface area contributed by atoms with Gasteiger partial charge in [-0.2, -0.15) is 11.8 Å².